The Morgan fingerprint density at radius 2 is 1.69 bits per heavy atom. The van der Waals surface area contributed by atoms with Gasteiger partial charge in [-0.2, -0.15) is 0 Å². The Morgan fingerprint density at radius 3 is 2.40 bits per heavy atom. The highest BCUT2D eigenvalue weighted by atomic mass is 16.4. The molecule has 10 heteroatoms. The van der Waals surface area contributed by atoms with E-state index in [4.69, 9.17) is 5.11 Å². The fourth-order valence-electron chi connectivity index (χ4n) is 4.84. The summed E-state index contributed by atoms with van der Waals surface area (Å²) in [7, 11) is 0. The summed E-state index contributed by atoms with van der Waals surface area (Å²) in [5, 5.41) is 20.4. The van der Waals surface area contributed by atoms with Crippen molar-refractivity contribution in [2.24, 2.45) is 0 Å². The predicted octanol–water partition coefficient (Wildman–Crippen LogP) is 3.55. The van der Waals surface area contributed by atoms with Gasteiger partial charge in [-0.3, -0.25) is 24.0 Å². The minimum Gasteiger partial charge on any atom is -0.481 e. The first-order valence-electron chi connectivity index (χ1n) is 15.4. The van der Waals surface area contributed by atoms with Crippen molar-refractivity contribution in [2.75, 3.05) is 6.54 Å². The lowest BCUT2D eigenvalue weighted by molar-refractivity contribution is -0.137. The van der Waals surface area contributed by atoms with Crippen LogP contribution in [0.3, 0.4) is 0 Å². The van der Waals surface area contributed by atoms with Gasteiger partial charge in [0.15, 0.2) is 0 Å². The number of hydrogen-bond acceptors (Lipinski definition) is 5. The van der Waals surface area contributed by atoms with Gasteiger partial charge in [0.2, 0.25) is 23.6 Å². The first-order chi connectivity index (χ1) is 20.3. The highest BCUT2D eigenvalue weighted by Gasteiger charge is 2.28. The average molecular weight is 585 g/mol. The molecule has 3 atom stereocenters. The third kappa shape index (κ3) is 14.8. The number of aliphatic carboxylic acids is 1. The van der Waals surface area contributed by atoms with E-state index in [0.717, 1.165) is 31.2 Å². The number of rotatable bonds is 16. The van der Waals surface area contributed by atoms with Gasteiger partial charge >= 0.3 is 5.97 Å². The zero-order valence-corrected chi connectivity index (χ0v) is 24.9. The van der Waals surface area contributed by atoms with Crippen LogP contribution in [0.2, 0.25) is 0 Å². The van der Waals surface area contributed by atoms with Crippen LogP contribution in [0.1, 0.15) is 96.0 Å². The Hall–Kier alpha value is -3.69. The topological polar surface area (TPSA) is 154 Å². The number of carbonyl (C=O) groups excluding carboxylic acids is 4. The molecule has 0 spiro atoms. The minimum atomic E-state index is -1.02. The van der Waals surface area contributed by atoms with Crippen molar-refractivity contribution in [3.8, 4) is 0 Å². The Balaban J connectivity index is 2.08. The van der Waals surface area contributed by atoms with Crippen molar-refractivity contribution >= 4 is 29.6 Å². The van der Waals surface area contributed by atoms with Crippen molar-refractivity contribution in [1.82, 2.24) is 21.3 Å². The number of amides is 4. The van der Waals surface area contributed by atoms with E-state index < -0.39 is 35.9 Å². The molecule has 4 amide bonds. The number of carbonyl (C=O) groups is 5. The Labute approximate surface area is 249 Å². The lowest BCUT2D eigenvalue weighted by Crippen LogP contribution is -2.55. The molecule has 1 aliphatic heterocycles. The fraction of sp³-hybridized carbons (Fsp3) is 0.594. The van der Waals surface area contributed by atoms with Gasteiger partial charge in [-0.05, 0) is 37.7 Å². The van der Waals surface area contributed by atoms with Crippen LogP contribution in [-0.4, -0.2) is 59.4 Å². The molecule has 0 saturated carbocycles. The van der Waals surface area contributed by atoms with Gasteiger partial charge < -0.3 is 26.4 Å². The van der Waals surface area contributed by atoms with Gasteiger partial charge in [0.25, 0.3) is 0 Å². The third-order valence-corrected chi connectivity index (χ3v) is 7.27. The van der Waals surface area contributed by atoms with E-state index in [2.05, 4.69) is 28.2 Å². The number of hydrogen-bond donors (Lipinski definition) is 5. The maximum atomic E-state index is 13.5. The van der Waals surface area contributed by atoms with Crippen molar-refractivity contribution in [3.63, 3.8) is 0 Å². The summed E-state index contributed by atoms with van der Waals surface area (Å²) in [4.78, 5) is 62.8. The molecular weight excluding hydrogens is 536 g/mol. The first kappa shape index (κ1) is 34.5. The van der Waals surface area contributed by atoms with Crippen LogP contribution in [0.5, 0.6) is 0 Å². The molecule has 1 aromatic carbocycles. The standard InChI is InChI=1S/C32H48N4O6/c1-2-3-4-5-6-7-11-17-29(38)35-27(23-24-14-9-8-10-15-24)32(42)36-26-16-12-13-22-33-28(37)20-18-25(34-31(26)41)19-21-30(39)40/h8-10,14-15,18,20,25-27H,2-7,11-13,16-17,19,21-23H2,1H3,(H,33,37)(H,34,41)(H,35,38)(H,36,42)(H,39,40)/b20-18+/t25-,26+,27+/m1/s1. The van der Waals surface area contributed by atoms with Gasteiger partial charge in [-0.25, -0.2) is 0 Å². The number of carboxylic acid groups (broad SMARTS) is 1. The summed E-state index contributed by atoms with van der Waals surface area (Å²) in [5.74, 6) is -2.44. The molecule has 0 fully saturated rings. The van der Waals surface area contributed by atoms with E-state index >= 15 is 0 Å². The average Bonchev–Trinajstić information content (AvgIpc) is 2.96. The van der Waals surface area contributed by atoms with Crippen LogP contribution in [0.15, 0.2) is 42.5 Å². The normalized spacial score (nSPS) is 19.3. The van der Waals surface area contributed by atoms with Crippen LogP contribution in [0.4, 0.5) is 0 Å². The molecule has 0 bridgehead atoms. The second kappa shape index (κ2) is 20.2. The molecule has 232 valence electrons. The lowest BCUT2D eigenvalue weighted by atomic mass is 10.0. The number of benzene rings is 1. The minimum absolute atomic E-state index is 0.0941. The maximum absolute atomic E-state index is 13.5. The van der Waals surface area contributed by atoms with Crippen molar-refractivity contribution in [1.29, 1.82) is 0 Å². The summed E-state index contributed by atoms with van der Waals surface area (Å²) in [5.41, 5.74) is 0.881. The van der Waals surface area contributed by atoms with Crippen LogP contribution in [-0.2, 0) is 30.4 Å². The SMILES string of the molecule is CCCCCCCCCC(=O)N[C@@H](Cc1ccccc1)C(=O)N[C@H]1CCCCNC(=O)/C=C/[C@H](CCC(=O)O)NC1=O. The van der Waals surface area contributed by atoms with Crippen LogP contribution in [0, 0.1) is 0 Å². The van der Waals surface area contributed by atoms with Gasteiger partial charge in [0.1, 0.15) is 12.1 Å². The molecule has 10 nitrogen and oxygen atoms in total. The van der Waals surface area contributed by atoms with E-state index in [-0.39, 0.29) is 31.1 Å². The Bertz CT molecular complexity index is 1030. The molecule has 2 rings (SSSR count). The van der Waals surface area contributed by atoms with E-state index in [1.807, 2.05) is 30.3 Å². The molecule has 0 aliphatic carbocycles. The van der Waals surface area contributed by atoms with Crippen molar-refractivity contribution < 1.29 is 29.1 Å². The first-order valence-corrected chi connectivity index (χ1v) is 15.4. The smallest absolute Gasteiger partial charge is 0.303 e. The van der Waals surface area contributed by atoms with Gasteiger partial charge in [-0.15, -0.1) is 0 Å². The number of carboxylic acids is 1. The maximum Gasteiger partial charge on any atom is 0.303 e. The van der Waals surface area contributed by atoms with E-state index in [0.29, 0.717) is 32.2 Å². The summed E-state index contributed by atoms with van der Waals surface area (Å²) >= 11 is 0. The zero-order valence-electron chi connectivity index (χ0n) is 24.9. The molecule has 0 radical (unpaired) electrons. The molecule has 0 saturated heterocycles. The Kier molecular flexibility index (Phi) is 16.6. The lowest BCUT2D eigenvalue weighted by Gasteiger charge is -2.25. The second-order valence-corrected chi connectivity index (χ2v) is 10.9. The molecule has 1 aliphatic rings. The third-order valence-electron chi connectivity index (χ3n) is 7.27. The monoisotopic (exact) mass is 584 g/mol. The number of unbranched alkanes of at least 4 members (excludes halogenated alkanes) is 6. The quantitative estimate of drug-likeness (QED) is 0.187. The molecule has 5 N–H and O–H groups in total. The molecular formula is C32H48N4O6. The predicted molar refractivity (Wildman–Crippen MR) is 161 cm³/mol. The fourth-order valence-corrected chi connectivity index (χ4v) is 4.84. The zero-order chi connectivity index (χ0) is 30.6. The van der Waals surface area contributed by atoms with Crippen LogP contribution < -0.4 is 21.3 Å². The van der Waals surface area contributed by atoms with Gasteiger partial charge in [-0.1, -0.05) is 81.9 Å². The molecule has 42 heavy (non-hydrogen) atoms. The highest BCUT2D eigenvalue weighted by molar-refractivity contribution is 5.92. The summed E-state index contributed by atoms with van der Waals surface area (Å²) < 4.78 is 0. The van der Waals surface area contributed by atoms with E-state index in [9.17, 15) is 24.0 Å². The molecule has 0 unspecified atom stereocenters. The molecule has 1 heterocycles. The van der Waals surface area contributed by atoms with Crippen molar-refractivity contribution in [3.05, 3.63) is 48.0 Å². The van der Waals surface area contributed by atoms with E-state index in [1.54, 1.807) is 0 Å². The summed E-state index contributed by atoms with van der Waals surface area (Å²) in [6.45, 7) is 2.59. The molecule has 1 aromatic rings. The van der Waals surface area contributed by atoms with Gasteiger partial charge in [0, 0.05) is 37.9 Å². The van der Waals surface area contributed by atoms with Crippen LogP contribution >= 0.6 is 0 Å². The second-order valence-electron chi connectivity index (χ2n) is 10.9. The molecule has 0 aromatic heterocycles. The number of nitrogens with one attached hydrogen (secondary N) is 4. The van der Waals surface area contributed by atoms with Crippen molar-refractivity contribution in [2.45, 2.75) is 115 Å². The largest absolute Gasteiger partial charge is 0.481 e. The highest BCUT2D eigenvalue weighted by Crippen LogP contribution is 2.11. The summed E-state index contributed by atoms with van der Waals surface area (Å²) in [6.07, 6.45) is 12.4. The summed E-state index contributed by atoms with van der Waals surface area (Å²) in [6, 6.07) is 6.96. The van der Waals surface area contributed by atoms with Crippen LogP contribution in [0.25, 0.3) is 0 Å². The van der Waals surface area contributed by atoms with E-state index in [1.165, 1.54) is 31.4 Å². The Morgan fingerprint density at radius 1 is 0.976 bits per heavy atom. The van der Waals surface area contributed by atoms with Gasteiger partial charge in [0.05, 0.1) is 0 Å².